The van der Waals surface area contributed by atoms with Crippen LogP contribution in [-0.4, -0.2) is 59.2 Å². The molecule has 7 nitrogen and oxygen atoms in total. The first-order valence-electron chi connectivity index (χ1n) is 10.5. The summed E-state index contributed by atoms with van der Waals surface area (Å²) in [4.78, 5) is 24.7. The Hall–Kier alpha value is -1.31. The van der Waals surface area contributed by atoms with E-state index in [1.807, 2.05) is 0 Å². The van der Waals surface area contributed by atoms with Gasteiger partial charge < -0.3 is 23.7 Å². The number of cyclic esters (lactones) is 1. The van der Waals surface area contributed by atoms with Gasteiger partial charge in [0.25, 0.3) is 0 Å². The number of hydrogen-bond donors (Lipinski definition) is 0. The van der Waals surface area contributed by atoms with E-state index in [9.17, 15) is 9.59 Å². The molecule has 0 bridgehead atoms. The third-order valence-electron chi connectivity index (χ3n) is 9.23. The lowest BCUT2D eigenvalue weighted by Gasteiger charge is -2.59. The molecule has 7 rings (SSSR count). The van der Waals surface area contributed by atoms with Gasteiger partial charge in [-0.3, -0.25) is 0 Å². The first-order valence-corrected chi connectivity index (χ1v) is 11.0. The van der Waals surface area contributed by atoms with Gasteiger partial charge in [-0.05, 0) is 36.7 Å². The summed E-state index contributed by atoms with van der Waals surface area (Å²) in [5, 5.41) is -0.509. The van der Waals surface area contributed by atoms with E-state index in [1.165, 1.54) is 0 Å². The number of esters is 1. The highest BCUT2D eigenvalue weighted by atomic mass is 35.5. The molecule has 3 aliphatic carbocycles. The van der Waals surface area contributed by atoms with Crippen LogP contribution in [0.25, 0.3) is 0 Å². The average molecular weight is 423 g/mol. The Morgan fingerprint density at radius 2 is 1.97 bits per heavy atom. The number of hydrogen-bond acceptors (Lipinski definition) is 7. The van der Waals surface area contributed by atoms with Gasteiger partial charge in [0.2, 0.25) is 5.60 Å². The van der Waals surface area contributed by atoms with E-state index in [2.05, 4.69) is 20.8 Å². The van der Waals surface area contributed by atoms with Crippen molar-refractivity contribution < 1.29 is 33.3 Å². The van der Waals surface area contributed by atoms with E-state index in [1.54, 1.807) is 0 Å². The fourth-order valence-corrected chi connectivity index (χ4v) is 8.38. The Bertz CT molecular complexity index is 930. The van der Waals surface area contributed by atoms with Crippen LogP contribution >= 0.6 is 11.6 Å². The van der Waals surface area contributed by atoms with E-state index in [-0.39, 0.29) is 35.4 Å². The van der Waals surface area contributed by atoms with E-state index >= 15 is 0 Å². The summed E-state index contributed by atoms with van der Waals surface area (Å²) in [5.74, 6) is -0.0382. The molecule has 0 aromatic heterocycles. The number of carbonyl (C=O) groups excluding carboxylic acids is 2. The van der Waals surface area contributed by atoms with Crippen LogP contribution in [0.15, 0.2) is 11.1 Å². The first-order chi connectivity index (χ1) is 13.7. The molecule has 9 atom stereocenters. The number of ether oxygens (including phenoxy) is 5. The fraction of sp³-hybridized carbons (Fsp3) is 0.810. The van der Waals surface area contributed by atoms with E-state index < -0.39 is 34.4 Å². The largest absolute Gasteiger partial charge is 0.509 e. The van der Waals surface area contributed by atoms with Gasteiger partial charge in [0.15, 0.2) is 6.10 Å². The molecule has 5 fully saturated rings. The normalized spacial score (nSPS) is 58.2. The highest BCUT2D eigenvalue weighted by Gasteiger charge is 2.99. The maximum Gasteiger partial charge on any atom is 0.509 e. The summed E-state index contributed by atoms with van der Waals surface area (Å²) < 4.78 is 30.0. The molecule has 4 aliphatic heterocycles. The molecule has 2 unspecified atom stereocenters. The van der Waals surface area contributed by atoms with Crippen molar-refractivity contribution in [1.82, 2.24) is 0 Å². The zero-order valence-electron chi connectivity index (χ0n) is 16.5. The molecule has 2 saturated carbocycles. The fourth-order valence-electron chi connectivity index (χ4n) is 7.88. The van der Waals surface area contributed by atoms with Gasteiger partial charge in [0, 0.05) is 11.0 Å². The number of epoxide rings is 2. The topological polar surface area (TPSA) is 86.9 Å². The molecule has 4 heterocycles. The maximum absolute atomic E-state index is 12.5. The van der Waals surface area contributed by atoms with Crippen LogP contribution in [0.3, 0.4) is 0 Å². The molecule has 29 heavy (non-hydrogen) atoms. The second-order valence-electron chi connectivity index (χ2n) is 10.2. The second kappa shape index (κ2) is 4.63. The van der Waals surface area contributed by atoms with Crippen LogP contribution < -0.4 is 0 Å². The van der Waals surface area contributed by atoms with Crippen LogP contribution in [0, 0.1) is 17.3 Å². The van der Waals surface area contributed by atoms with Crippen LogP contribution in [0.4, 0.5) is 4.79 Å². The highest BCUT2D eigenvalue weighted by Crippen LogP contribution is 2.80. The van der Waals surface area contributed by atoms with Gasteiger partial charge in [-0.2, -0.15) is 0 Å². The average Bonchev–Trinajstić information content (AvgIpc) is 3.52. The van der Waals surface area contributed by atoms with Crippen molar-refractivity contribution >= 4 is 23.7 Å². The van der Waals surface area contributed by atoms with Crippen LogP contribution in [-0.2, 0) is 28.5 Å². The molecule has 8 heteroatoms. The quantitative estimate of drug-likeness (QED) is 0.364. The number of fused-ring (bicyclic) bond motifs is 5. The lowest BCUT2D eigenvalue weighted by molar-refractivity contribution is -0.163. The Labute approximate surface area is 173 Å². The van der Waals surface area contributed by atoms with Crippen LogP contribution in [0.5, 0.6) is 0 Å². The lowest BCUT2D eigenvalue weighted by atomic mass is 9.45. The van der Waals surface area contributed by atoms with Crippen molar-refractivity contribution in [3.63, 3.8) is 0 Å². The SMILES string of the molecule is CC(C)[C@]12O[C@H]1[C@H]1OC13C1(OC(=O)O[C@@H]12)[C@H](Cl)C[C@H]1C2=C(CC[C@@]13C)C(=O)OC2. The van der Waals surface area contributed by atoms with Gasteiger partial charge in [-0.1, -0.05) is 20.8 Å². The molecule has 156 valence electrons. The summed E-state index contributed by atoms with van der Waals surface area (Å²) in [6, 6.07) is 0. The van der Waals surface area contributed by atoms with Gasteiger partial charge in [0.1, 0.15) is 30.0 Å². The molecule has 7 aliphatic rings. The Morgan fingerprint density at radius 1 is 1.17 bits per heavy atom. The summed E-state index contributed by atoms with van der Waals surface area (Å²) in [6.07, 6.45) is 0.362. The molecule has 3 saturated heterocycles. The van der Waals surface area contributed by atoms with Crippen molar-refractivity contribution in [3.8, 4) is 0 Å². The minimum Gasteiger partial charge on any atom is -0.458 e. The zero-order valence-corrected chi connectivity index (χ0v) is 17.3. The zero-order chi connectivity index (χ0) is 20.1. The number of halogens is 1. The summed E-state index contributed by atoms with van der Waals surface area (Å²) in [5.41, 5.74) is -0.967. The van der Waals surface area contributed by atoms with Gasteiger partial charge >= 0.3 is 12.1 Å². The summed E-state index contributed by atoms with van der Waals surface area (Å²) in [7, 11) is 0. The third kappa shape index (κ3) is 1.48. The van der Waals surface area contributed by atoms with E-state index in [0.717, 1.165) is 17.6 Å². The highest BCUT2D eigenvalue weighted by molar-refractivity contribution is 6.22. The molecular formula is C21H23ClO7. The Morgan fingerprint density at radius 3 is 2.72 bits per heavy atom. The van der Waals surface area contributed by atoms with Crippen molar-refractivity contribution in [2.45, 2.75) is 80.5 Å². The first kappa shape index (κ1) is 17.4. The van der Waals surface area contributed by atoms with E-state index in [0.29, 0.717) is 19.4 Å². The minimum absolute atomic E-state index is 0.0427. The molecule has 0 N–H and O–H groups in total. The Kier molecular flexibility index (Phi) is 2.77. The maximum atomic E-state index is 12.5. The van der Waals surface area contributed by atoms with Crippen molar-refractivity contribution in [2.75, 3.05) is 6.61 Å². The van der Waals surface area contributed by atoms with Gasteiger partial charge in [-0.15, -0.1) is 11.6 Å². The summed E-state index contributed by atoms with van der Waals surface area (Å²) >= 11 is 7.08. The third-order valence-corrected chi connectivity index (χ3v) is 9.73. The molecule has 0 radical (unpaired) electrons. The van der Waals surface area contributed by atoms with Crippen molar-refractivity contribution in [2.24, 2.45) is 17.3 Å². The lowest BCUT2D eigenvalue weighted by Crippen LogP contribution is -2.76. The van der Waals surface area contributed by atoms with Gasteiger partial charge in [-0.25, -0.2) is 9.59 Å². The van der Waals surface area contributed by atoms with Crippen LogP contribution in [0.1, 0.15) is 40.0 Å². The number of carbonyl (C=O) groups is 2. The monoisotopic (exact) mass is 422 g/mol. The van der Waals surface area contributed by atoms with Crippen LogP contribution in [0.2, 0.25) is 0 Å². The Balaban J connectivity index is 1.44. The smallest absolute Gasteiger partial charge is 0.458 e. The standard InChI is InChI=1S/C21H23ClO7/c1-8(2)19-13(27-19)14-21(28-14)18(3)5-4-9-10(7-25-15(9)23)11(18)6-12(22)20(21)16(19)26-17(24)29-20/h8,11-14,16H,4-7H2,1-3H3/t11-,12+,13-,14+,16+,18-,19-,20?,21?/m0/s1. The number of alkyl halides is 1. The minimum atomic E-state index is -1.08. The predicted molar refractivity (Wildman–Crippen MR) is 97.2 cm³/mol. The molecule has 0 amide bonds. The van der Waals surface area contributed by atoms with Crippen molar-refractivity contribution in [3.05, 3.63) is 11.1 Å². The van der Waals surface area contributed by atoms with Gasteiger partial charge in [0.05, 0.1) is 5.38 Å². The predicted octanol–water partition coefficient (Wildman–Crippen LogP) is 2.49. The second-order valence-corrected chi connectivity index (χ2v) is 10.7. The molecule has 0 aromatic rings. The molecule has 2 spiro atoms. The summed E-state index contributed by atoms with van der Waals surface area (Å²) in [6.45, 7) is 6.67. The van der Waals surface area contributed by atoms with Crippen molar-refractivity contribution in [1.29, 1.82) is 0 Å². The molecular weight excluding hydrogens is 400 g/mol. The molecule has 0 aromatic carbocycles. The number of rotatable bonds is 1. The van der Waals surface area contributed by atoms with E-state index in [4.69, 9.17) is 35.3 Å².